The van der Waals surface area contributed by atoms with Crippen molar-refractivity contribution in [3.8, 4) is 0 Å². The van der Waals surface area contributed by atoms with Gasteiger partial charge in [0, 0.05) is 26.8 Å². The van der Waals surface area contributed by atoms with Crippen LogP contribution in [0.4, 0.5) is 10.5 Å². The van der Waals surface area contributed by atoms with Crippen molar-refractivity contribution in [1.29, 1.82) is 0 Å². The maximum atomic E-state index is 12.0. The second-order valence-corrected chi connectivity index (χ2v) is 4.53. The lowest BCUT2D eigenvalue weighted by molar-refractivity contribution is -0.124. The molecule has 1 atom stereocenters. The summed E-state index contributed by atoms with van der Waals surface area (Å²) in [6.45, 7) is 1.89. The lowest BCUT2D eigenvalue weighted by Gasteiger charge is -2.21. The highest BCUT2D eigenvalue weighted by Gasteiger charge is 2.19. The van der Waals surface area contributed by atoms with Crippen LogP contribution in [-0.4, -0.2) is 53.5 Å². The van der Waals surface area contributed by atoms with Crippen LogP contribution in [0.1, 0.15) is 17.4 Å². The van der Waals surface area contributed by atoms with E-state index in [0.717, 1.165) is 0 Å². The van der Waals surface area contributed by atoms with Gasteiger partial charge in [0.1, 0.15) is 0 Å². The Balaban J connectivity index is 2.73. The van der Waals surface area contributed by atoms with E-state index in [2.05, 4.69) is 15.6 Å². The molecule has 0 fully saturated rings. The number of nitrogens with zero attached hydrogens (tertiary/aromatic N) is 2. The molecule has 3 amide bonds. The van der Waals surface area contributed by atoms with E-state index in [-0.39, 0.29) is 29.8 Å². The third-order valence-corrected chi connectivity index (χ3v) is 2.84. The number of nitrogens with one attached hydrogen (secondary N) is 2. The first kappa shape index (κ1) is 16.4. The molecule has 0 saturated carbocycles. The van der Waals surface area contributed by atoms with Crippen molar-refractivity contribution in [1.82, 2.24) is 15.2 Å². The number of urea groups is 1. The quantitative estimate of drug-likeness (QED) is 0.737. The third kappa shape index (κ3) is 4.44. The third-order valence-electron chi connectivity index (χ3n) is 2.84. The number of amides is 3. The standard InChI is InChI=1S/C13H18N4O4/c1-8(11(18)14-2)7-17(3)13(21)16-9-5-4-6-15-10(9)12(19)20/h4-6,8H,7H2,1-3H3,(H,14,18)(H,16,21)(H,19,20). The van der Waals surface area contributed by atoms with Crippen molar-refractivity contribution >= 4 is 23.6 Å². The number of pyridine rings is 1. The molecule has 0 spiro atoms. The lowest BCUT2D eigenvalue weighted by Crippen LogP contribution is -2.39. The molecule has 1 rings (SSSR count). The summed E-state index contributed by atoms with van der Waals surface area (Å²) in [5, 5.41) is 14.0. The highest BCUT2D eigenvalue weighted by molar-refractivity contribution is 5.98. The van der Waals surface area contributed by atoms with Crippen LogP contribution in [0.3, 0.4) is 0 Å². The zero-order chi connectivity index (χ0) is 16.0. The van der Waals surface area contributed by atoms with E-state index in [4.69, 9.17) is 5.11 Å². The number of hydrogen-bond acceptors (Lipinski definition) is 4. The molecule has 0 aliphatic carbocycles. The summed E-state index contributed by atoms with van der Waals surface area (Å²) in [6, 6.07) is 2.46. The molecule has 0 aliphatic heterocycles. The predicted octanol–water partition coefficient (Wildman–Crippen LogP) is 0.626. The van der Waals surface area contributed by atoms with Crippen molar-refractivity contribution in [2.24, 2.45) is 5.92 Å². The van der Waals surface area contributed by atoms with E-state index >= 15 is 0 Å². The first-order valence-electron chi connectivity index (χ1n) is 6.28. The average molecular weight is 294 g/mol. The summed E-state index contributed by atoms with van der Waals surface area (Å²) < 4.78 is 0. The predicted molar refractivity (Wildman–Crippen MR) is 76.1 cm³/mol. The van der Waals surface area contributed by atoms with E-state index in [0.29, 0.717) is 0 Å². The fourth-order valence-electron chi connectivity index (χ4n) is 1.71. The molecule has 8 heteroatoms. The van der Waals surface area contributed by atoms with E-state index in [1.54, 1.807) is 6.92 Å². The summed E-state index contributed by atoms with van der Waals surface area (Å²) in [5.74, 6) is -1.78. The van der Waals surface area contributed by atoms with Crippen molar-refractivity contribution in [2.75, 3.05) is 26.0 Å². The summed E-state index contributed by atoms with van der Waals surface area (Å²) >= 11 is 0. The minimum atomic E-state index is -1.23. The number of rotatable bonds is 5. The fourth-order valence-corrected chi connectivity index (χ4v) is 1.71. The maximum Gasteiger partial charge on any atom is 0.356 e. The van der Waals surface area contributed by atoms with E-state index < -0.39 is 12.0 Å². The number of aromatic nitrogens is 1. The average Bonchev–Trinajstić information content (AvgIpc) is 2.46. The molecule has 1 aromatic rings. The molecule has 0 radical (unpaired) electrons. The molecular formula is C13H18N4O4. The van der Waals surface area contributed by atoms with E-state index in [9.17, 15) is 14.4 Å². The monoisotopic (exact) mass is 294 g/mol. The van der Waals surface area contributed by atoms with Crippen molar-refractivity contribution in [3.05, 3.63) is 24.0 Å². The molecule has 114 valence electrons. The van der Waals surface area contributed by atoms with Gasteiger partial charge in [-0.1, -0.05) is 6.92 Å². The largest absolute Gasteiger partial charge is 0.476 e. The molecule has 3 N–H and O–H groups in total. The van der Waals surface area contributed by atoms with E-state index in [1.165, 1.54) is 37.3 Å². The topological polar surface area (TPSA) is 112 Å². The van der Waals surface area contributed by atoms with Gasteiger partial charge in [-0.3, -0.25) is 4.79 Å². The lowest BCUT2D eigenvalue weighted by atomic mass is 10.1. The van der Waals surface area contributed by atoms with Crippen LogP contribution in [0.2, 0.25) is 0 Å². The molecule has 0 aromatic carbocycles. The number of carbonyl (C=O) groups is 3. The van der Waals surface area contributed by atoms with E-state index in [1.807, 2.05) is 0 Å². The van der Waals surface area contributed by atoms with Crippen LogP contribution in [0, 0.1) is 5.92 Å². The zero-order valence-electron chi connectivity index (χ0n) is 12.1. The van der Waals surface area contributed by atoms with Gasteiger partial charge in [-0.05, 0) is 12.1 Å². The van der Waals surface area contributed by atoms with Gasteiger partial charge in [-0.15, -0.1) is 0 Å². The van der Waals surface area contributed by atoms with Gasteiger partial charge >= 0.3 is 12.0 Å². The number of hydrogen-bond donors (Lipinski definition) is 3. The summed E-state index contributed by atoms with van der Waals surface area (Å²) in [4.78, 5) is 39.4. The van der Waals surface area contributed by atoms with Crippen molar-refractivity contribution in [3.63, 3.8) is 0 Å². The van der Waals surface area contributed by atoms with Crippen molar-refractivity contribution in [2.45, 2.75) is 6.92 Å². The first-order chi connectivity index (χ1) is 9.86. The summed E-state index contributed by atoms with van der Waals surface area (Å²) in [6.07, 6.45) is 1.33. The normalized spacial score (nSPS) is 11.4. The SMILES string of the molecule is CNC(=O)C(C)CN(C)C(=O)Nc1cccnc1C(=O)O. The minimum Gasteiger partial charge on any atom is -0.476 e. The molecule has 0 saturated heterocycles. The number of aromatic carboxylic acids is 1. The highest BCUT2D eigenvalue weighted by atomic mass is 16.4. The Bertz CT molecular complexity index is 547. The Labute approximate surface area is 122 Å². The van der Waals surface area contributed by atoms with Crippen molar-refractivity contribution < 1.29 is 19.5 Å². The molecule has 8 nitrogen and oxygen atoms in total. The van der Waals surface area contributed by atoms with Gasteiger partial charge in [-0.25, -0.2) is 14.6 Å². The van der Waals surface area contributed by atoms with Crippen LogP contribution in [-0.2, 0) is 4.79 Å². The molecule has 1 aromatic heterocycles. The van der Waals surface area contributed by atoms with Crippen LogP contribution >= 0.6 is 0 Å². The number of carboxylic acid groups (broad SMARTS) is 1. The smallest absolute Gasteiger partial charge is 0.356 e. The van der Waals surface area contributed by atoms with Crippen LogP contribution in [0.15, 0.2) is 18.3 Å². The Morgan fingerprint density at radius 3 is 2.67 bits per heavy atom. The minimum absolute atomic E-state index is 0.106. The second-order valence-electron chi connectivity index (χ2n) is 4.53. The second kappa shape index (κ2) is 7.22. The van der Waals surface area contributed by atoms with Gasteiger partial charge in [0.05, 0.1) is 11.6 Å². The Kier molecular flexibility index (Phi) is 5.65. The molecular weight excluding hydrogens is 276 g/mol. The van der Waals surface area contributed by atoms with Gasteiger partial charge < -0.3 is 20.6 Å². The number of anilines is 1. The first-order valence-corrected chi connectivity index (χ1v) is 6.28. The summed E-state index contributed by atoms with van der Waals surface area (Å²) in [7, 11) is 3.04. The van der Waals surface area contributed by atoms with Gasteiger partial charge in [0.25, 0.3) is 0 Å². The molecule has 1 heterocycles. The Hall–Kier alpha value is -2.64. The van der Waals surface area contributed by atoms with Gasteiger partial charge in [0.15, 0.2) is 5.69 Å². The van der Waals surface area contributed by atoms with Gasteiger partial charge in [0.2, 0.25) is 5.91 Å². The number of carboxylic acids is 1. The van der Waals surface area contributed by atoms with Crippen LogP contribution in [0.25, 0.3) is 0 Å². The molecule has 0 bridgehead atoms. The Morgan fingerprint density at radius 2 is 2.10 bits per heavy atom. The highest BCUT2D eigenvalue weighted by Crippen LogP contribution is 2.13. The fraction of sp³-hybridized carbons (Fsp3) is 0.385. The maximum absolute atomic E-state index is 12.0. The molecule has 1 unspecified atom stereocenters. The van der Waals surface area contributed by atoms with Crippen LogP contribution < -0.4 is 10.6 Å². The molecule has 21 heavy (non-hydrogen) atoms. The van der Waals surface area contributed by atoms with Gasteiger partial charge in [-0.2, -0.15) is 0 Å². The number of carbonyl (C=O) groups excluding carboxylic acids is 2. The zero-order valence-corrected chi connectivity index (χ0v) is 12.1. The molecule has 0 aliphatic rings. The van der Waals surface area contributed by atoms with Crippen LogP contribution in [0.5, 0.6) is 0 Å². The summed E-state index contributed by atoms with van der Waals surface area (Å²) in [5.41, 5.74) is -0.131. The Morgan fingerprint density at radius 1 is 1.43 bits per heavy atom.